The molecule has 3 aromatic rings. The molecule has 2 aromatic carbocycles. The Morgan fingerprint density at radius 2 is 1.79 bits per heavy atom. The molecule has 1 aliphatic carbocycles. The van der Waals surface area contributed by atoms with Crippen LogP contribution in [0.4, 0.5) is 5.82 Å². The third-order valence-electron chi connectivity index (χ3n) is 5.98. The summed E-state index contributed by atoms with van der Waals surface area (Å²) in [5.41, 5.74) is 9.16. The molecule has 0 spiro atoms. The van der Waals surface area contributed by atoms with Crippen molar-refractivity contribution < 1.29 is 19.4 Å². The van der Waals surface area contributed by atoms with Crippen LogP contribution in [0, 0.1) is 0 Å². The average molecular weight is 463 g/mol. The number of carboxylic acids is 1. The maximum absolute atomic E-state index is 10.9. The zero-order chi connectivity index (χ0) is 23.9. The SMILES string of the molecule is COc1ccc(CNc2ccc(-c3ccc(C[C@H](N)C(=O)O)cc3)nn2)cc1OC1CCCC1. The highest BCUT2D eigenvalue weighted by atomic mass is 16.5. The molecule has 0 amide bonds. The van der Waals surface area contributed by atoms with E-state index >= 15 is 0 Å². The van der Waals surface area contributed by atoms with E-state index in [-0.39, 0.29) is 12.5 Å². The van der Waals surface area contributed by atoms with Gasteiger partial charge in [-0.25, -0.2) is 0 Å². The summed E-state index contributed by atoms with van der Waals surface area (Å²) >= 11 is 0. The van der Waals surface area contributed by atoms with Crippen molar-refractivity contribution in [3.05, 3.63) is 65.7 Å². The summed E-state index contributed by atoms with van der Waals surface area (Å²) in [6.07, 6.45) is 5.15. The van der Waals surface area contributed by atoms with Gasteiger partial charge in [0.2, 0.25) is 0 Å². The Bertz CT molecular complexity index is 1100. The number of carbonyl (C=O) groups is 1. The standard InChI is InChI=1S/C26H30N4O4/c1-33-23-12-8-18(15-24(23)34-20-4-2-3-5-20)16-28-25-13-11-22(29-30-25)19-9-6-17(7-10-19)14-21(27)26(31)32/h6-13,15,20-21H,2-5,14,16,27H2,1H3,(H,28,30)(H,31,32)/t21-/m0/s1. The first kappa shape index (κ1) is 23.5. The molecular weight excluding hydrogens is 432 g/mol. The van der Waals surface area contributed by atoms with Gasteiger partial charge in [-0.15, -0.1) is 10.2 Å². The molecule has 34 heavy (non-hydrogen) atoms. The van der Waals surface area contributed by atoms with Gasteiger partial charge < -0.3 is 25.6 Å². The van der Waals surface area contributed by atoms with Crippen LogP contribution in [0.5, 0.6) is 11.5 Å². The molecule has 0 radical (unpaired) electrons. The third kappa shape index (κ3) is 6.02. The van der Waals surface area contributed by atoms with E-state index in [0.717, 1.165) is 46.7 Å². The zero-order valence-electron chi connectivity index (χ0n) is 19.2. The lowest BCUT2D eigenvalue weighted by Gasteiger charge is -2.17. The van der Waals surface area contributed by atoms with Crippen LogP contribution in [0.15, 0.2) is 54.6 Å². The van der Waals surface area contributed by atoms with Gasteiger partial charge in [0.05, 0.1) is 18.9 Å². The second-order valence-corrected chi connectivity index (χ2v) is 8.51. The van der Waals surface area contributed by atoms with Gasteiger partial charge in [0.25, 0.3) is 0 Å². The van der Waals surface area contributed by atoms with Crippen molar-refractivity contribution in [1.82, 2.24) is 10.2 Å². The molecule has 0 aliphatic heterocycles. The topological polar surface area (TPSA) is 120 Å². The Hall–Kier alpha value is -3.65. The minimum Gasteiger partial charge on any atom is -0.493 e. The highest BCUT2D eigenvalue weighted by Gasteiger charge is 2.18. The first-order chi connectivity index (χ1) is 16.5. The molecule has 1 heterocycles. The molecule has 8 nitrogen and oxygen atoms in total. The summed E-state index contributed by atoms with van der Waals surface area (Å²) in [5.74, 6) is 1.19. The maximum Gasteiger partial charge on any atom is 0.320 e. The smallest absolute Gasteiger partial charge is 0.320 e. The lowest BCUT2D eigenvalue weighted by Crippen LogP contribution is -2.32. The number of anilines is 1. The molecule has 1 saturated carbocycles. The number of hydrogen-bond acceptors (Lipinski definition) is 7. The number of aliphatic carboxylic acids is 1. The van der Waals surface area contributed by atoms with Gasteiger partial charge in [-0.3, -0.25) is 4.79 Å². The van der Waals surface area contributed by atoms with Crippen molar-refractivity contribution in [2.75, 3.05) is 12.4 Å². The molecule has 0 saturated heterocycles. The first-order valence-corrected chi connectivity index (χ1v) is 11.5. The van der Waals surface area contributed by atoms with Crippen LogP contribution in [-0.2, 0) is 17.8 Å². The van der Waals surface area contributed by atoms with E-state index in [9.17, 15) is 4.79 Å². The molecule has 0 bridgehead atoms. The van der Waals surface area contributed by atoms with E-state index < -0.39 is 12.0 Å². The number of methoxy groups -OCH3 is 1. The number of nitrogens with two attached hydrogens (primary N) is 1. The molecule has 8 heteroatoms. The fourth-order valence-electron chi connectivity index (χ4n) is 4.03. The highest BCUT2D eigenvalue weighted by Crippen LogP contribution is 2.32. The summed E-state index contributed by atoms with van der Waals surface area (Å²) in [4.78, 5) is 10.9. The predicted molar refractivity (Wildman–Crippen MR) is 130 cm³/mol. The summed E-state index contributed by atoms with van der Waals surface area (Å²) in [5, 5.41) is 20.9. The molecule has 1 aliphatic rings. The number of nitrogens with one attached hydrogen (secondary N) is 1. The van der Waals surface area contributed by atoms with Gasteiger partial charge in [-0.1, -0.05) is 30.3 Å². The fourth-order valence-corrected chi connectivity index (χ4v) is 4.03. The van der Waals surface area contributed by atoms with E-state index in [2.05, 4.69) is 15.5 Å². The van der Waals surface area contributed by atoms with Crippen molar-refractivity contribution in [2.45, 2.75) is 50.8 Å². The van der Waals surface area contributed by atoms with Crippen LogP contribution in [0.1, 0.15) is 36.8 Å². The van der Waals surface area contributed by atoms with Gasteiger partial charge in [0, 0.05) is 12.1 Å². The Balaban J connectivity index is 1.36. The Morgan fingerprint density at radius 3 is 2.44 bits per heavy atom. The minimum absolute atomic E-state index is 0.262. The molecular formula is C26H30N4O4. The second-order valence-electron chi connectivity index (χ2n) is 8.51. The quantitative estimate of drug-likeness (QED) is 0.413. The largest absolute Gasteiger partial charge is 0.493 e. The summed E-state index contributed by atoms with van der Waals surface area (Å²) in [7, 11) is 1.66. The highest BCUT2D eigenvalue weighted by molar-refractivity contribution is 5.73. The maximum atomic E-state index is 10.9. The molecule has 0 unspecified atom stereocenters. The lowest BCUT2D eigenvalue weighted by atomic mass is 10.0. The number of carboxylic acid groups (broad SMARTS) is 1. The van der Waals surface area contributed by atoms with Crippen LogP contribution in [0.2, 0.25) is 0 Å². The molecule has 178 valence electrons. The number of nitrogens with zero attached hydrogens (tertiary/aromatic N) is 2. The number of rotatable bonds is 10. The first-order valence-electron chi connectivity index (χ1n) is 11.5. The molecule has 1 aromatic heterocycles. The summed E-state index contributed by atoms with van der Waals surface area (Å²) in [6.45, 7) is 0.581. The molecule has 4 N–H and O–H groups in total. The number of hydrogen-bond donors (Lipinski definition) is 3. The molecule has 1 atom stereocenters. The van der Waals surface area contributed by atoms with Crippen molar-refractivity contribution in [2.24, 2.45) is 5.73 Å². The van der Waals surface area contributed by atoms with E-state index in [4.69, 9.17) is 20.3 Å². The van der Waals surface area contributed by atoms with E-state index in [0.29, 0.717) is 12.4 Å². The zero-order valence-corrected chi connectivity index (χ0v) is 19.2. The predicted octanol–water partition coefficient (Wildman–Crippen LogP) is 4.04. The normalized spacial score (nSPS) is 14.5. The van der Waals surface area contributed by atoms with Gasteiger partial charge in [-0.2, -0.15) is 0 Å². The average Bonchev–Trinajstić information content (AvgIpc) is 3.37. The van der Waals surface area contributed by atoms with Gasteiger partial charge in [-0.05, 0) is 67.5 Å². The number of benzene rings is 2. The summed E-state index contributed by atoms with van der Waals surface area (Å²) in [6, 6.07) is 16.3. The van der Waals surface area contributed by atoms with Crippen LogP contribution in [0.25, 0.3) is 11.3 Å². The van der Waals surface area contributed by atoms with Gasteiger partial charge >= 0.3 is 5.97 Å². The molecule has 1 fully saturated rings. The monoisotopic (exact) mass is 462 g/mol. The lowest BCUT2D eigenvalue weighted by molar-refractivity contribution is -0.138. The van der Waals surface area contributed by atoms with Crippen LogP contribution >= 0.6 is 0 Å². The Kier molecular flexibility index (Phi) is 7.59. The number of aromatic nitrogens is 2. The second kappa shape index (κ2) is 11.0. The van der Waals surface area contributed by atoms with E-state index in [1.54, 1.807) is 7.11 Å². The minimum atomic E-state index is -1.01. The van der Waals surface area contributed by atoms with Crippen LogP contribution in [-0.4, -0.2) is 40.5 Å². The molecule has 4 rings (SSSR count). The third-order valence-corrected chi connectivity index (χ3v) is 5.98. The van der Waals surface area contributed by atoms with Crippen molar-refractivity contribution in [1.29, 1.82) is 0 Å². The van der Waals surface area contributed by atoms with Crippen molar-refractivity contribution in [3.8, 4) is 22.8 Å². The Labute approximate surface area is 199 Å². The van der Waals surface area contributed by atoms with E-state index in [1.807, 2.05) is 54.6 Å². The van der Waals surface area contributed by atoms with Gasteiger partial charge in [0.1, 0.15) is 11.9 Å². The Morgan fingerprint density at radius 1 is 1.06 bits per heavy atom. The number of ether oxygens (including phenoxy) is 2. The van der Waals surface area contributed by atoms with Crippen molar-refractivity contribution >= 4 is 11.8 Å². The summed E-state index contributed by atoms with van der Waals surface area (Å²) < 4.78 is 11.6. The van der Waals surface area contributed by atoms with E-state index in [1.165, 1.54) is 12.8 Å². The fraction of sp³-hybridized carbons (Fsp3) is 0.346. The van der Waals surface area contributed by atoms with Crippen LogP contribution < -0.4 is 20.5 Å². The van der Waals surface area contributed by atoms with Crippen LogP contribution in [0.3, 0.4) is 0 Å². The van der Waals surface area contributed by atoms with Crippen molar-refractivity contribution in [3.63, 3.8) is 0 Å². The van der Waals surface area contributed by atoms with Gasteiger partial charge in [0.15, 0.2) is 11.5 Å².